The number of aromatic nitrogens is 2. The van der Waals surface area contributed by atoms with E-state index in [1.165, 1.54) is 0 Å². The van der Waals surface area contributed by atoms with Crippen molar-refractivity contribution in [3.05, 3.63) is 34.1 Å². The predicted octanol–water partition coefficient (Wildman–Crippen LogP) is 4.10. The Labute approximate surface area is 132 Å². The lowest BCUT2D eigenvalue weighted by Crippen LogP contribution is -2.15. The van der Waals surface area contributed by atoms with Gasteiger partial charge in [-0.2, -0.15) is 4.98 Å². The van der Waals surface area contributed by atoms with Crippen LogP contribution in [0.15, 0.2) is 22.7 Å². The van der Waals surface area contributed by atoms with Crippen molar-refractivity contribution in [3.63, 3.8) is 0 Å². The van der Waals surface area contributed by atoms with Crippen molar-refractivity contribution in [2.24, 2.45) is 0 Å². The monoisotopic (exact) mass is 328 g/mol. The molecule has 1 unspecified atom stereocenters. The first-order valence-corrected chi connectivity index (χ1v) is 7.27. The number of benzene rings is 1. The van der Waals surface area contributed by atoms with E-state index in [1.54, 1.807) is 25.1 Å². The summed E-state index contributed by atoms with van der Waals surface area (Å²) in [5.41, 5.74) is 0.626. The van der Waals surface area contributed by atoms with Crippen molar-refractivity contribution in [3.8, 4) is 11.4 Å². The van der Waals surface area contributed by atoms with E-state index < -0.39 is 5.92 Å². The molecule has 0 amide bonds. The highest BCUT2D eigenvalue weighted by Gasteiger charge is 2.26. The standard InChI is InChI=1S/C14H14Cl2N2O3/c1-3-11(14(19)20-4-2)13-17-12(18-21-13)8-5-9(15)7-10(16)6-8/h5-7,11H,3-4H2,1-2H3. The Morgan fingerprint density at radius 2 is 1.95 bits per heavy atom. The molecular formula is C14H14Cl2N2O3. The molecule has 0 N–H and O–H groups in total. The van der Waals surface area contributed by atoms with Gasteiger partial charge in [0, 0.05) is 15.6 Å². The molecule has 0 spiro atoms. The van der Waals surface area contributed by atoms with E-state index in [0.29, 0.717) is 34.5 Å². The lowest BCUT2D eigenvalue weighted by Gasteiger charge is -2.08. The van der Waals surface area contributed by atoms with Crippen LogP contribution in [0.2, 0.25) is 10.0 Å². The second-order valence-corrected chi connectivity index (χ2v) is 5.20. The van der Waals surface area contributed by atoms with Crippen LogP contribution in [0, 0.1) is 0 Å². The van der Waals surface area contributed by atoms with Gasteiger partial charge in [0.2, 0.25) is 11.7 Å². The highest BCUT2D eigenvalue weighted by atomic mass is 35.5. The minimum atomic E-state index is -0.569. The zero-order chi connectivity index (χ0) is 15.4. The van der Waals surface area contributed by atoms with Crippen LogP contribution in [0.1, 0.15) is 32.1 Å². The topological polar surface area (TPSA) is 65.2 Å². The predicted molar refractivity (Wildman–Crippen MR) is 79.4 cm³/mol. The van der Waals surface area contributed by atoms with Crippen molar-refractivity contribution in [1.82, 2.24) is 10.1 Å². The van der Waals surface area contributed by atoms with Gasteiger partial charge in [-0.25, -0.2) is 0 Å². The molecule has 0 aliphatic heterocycles. The number of rotatable bonds is 5. The summed E-state index contributed by atoms with van der Waals surface area (Å²) in [5, 5.41) is 4.82. The summed E-state index contributed by atoms with van der Waals surface area (Å²) in [7, 11) is 0. The Morgan fingerprint density at radius 1 is 1.29 bits per heavy atom. The van der Waals surface area contributed by atoms with Crippen molar-refractivity contribution >= 4 is 29.2 Å². The van der Waals surface area contributed by atoms with Gasteiger partial charge in [-0.1, -0.05) is 35.3 Å². The highest BCUT2D eigenvalue weighted by Crippen LogP contribution is 2.27. The number of halogens is 2. The quantitative estimate of drug-likeness (QED) is 0.773. The van der Waals surface area contributed by atoms with Crippen LogP contribution >= 0.6 is 23.2 Å². The van der Waals surface area contributed by atoms with E-state index in [-0.39, 0.29) is 11.9 Å². The van der Waals surface area contributed by atoms with E-state index in [4.69, 9.17) is 32.5 Å². The molecule has 1 heterocycles. The Hall–Kier alpha value is -1.59. The van der Waals surface area contributed by atoms with Crippen LogP contribution in [-0.2, 0) is 9.53 Å². The molecule has 2 rings (SSSR count). The van der Waals surface area contributed by atoms with Gasteiger partial charge in [-0.15, -0.1) is 0 Å². The fraction of sp³-hybridized carbons (Fsp3) is 0.357. The summed E-state index contributed by atoms with van der Waals surface area (Å²) in [6.45, 7) is 3.90. The van der Waals surface area contributed by atoms with Crippen molar-refractivity contribution in [2.45, 2.75) is 26.2 Å². The highest BCUT2D eigenvalue weighted by molar-refractivity contribution is 6.35. The van der Waals surface area contributed by atoms with Crippen molar-refractivity contribution in [2.75, 3.05) is 6.61 Å². The van der Waals surface area contributed by atoms with Gasteiger partial charge >= 0.3 is 5.97 Å². The summed E-state index contributed by atoms with van der Waals surface area (Å²) >= 11 is 11.9. The molecule has 0 saturated carbocycles. The van der Waals surface area contributed by atoms with Crippen LogP contribution in [0.5, 0.6) is 0 Å². The van der Waals surface area contributed by atoms with Crippen LogP contribution in [0.3, 0.4) is 0 Å². The van der Waals surface area contributed by atoms with Gasteiger partial charge in [0.15, 0.2) is 0 Å². The van der Waals surface area contributed by atoms with Crippen molar-refractivity contribution < 1.29 is 14.1 Å². The third kappa shape index (κ3) is 3.74. The summed E-state index contributed by atoms with van der Waals surface area (Å²) in [5.74, 6) is -0.389. The molecule has 0 aliphatic rings. The van der Waals surface area contributed by atoms with Gasteiger partial charge in [-0.3, -0.25) is 4.79 Å². The maximum atomic E-state index is 11.8. The summed E-state index contributed by atoms with van der Waals surface area (Å²) < 4.78 is 10.2. The van der Waals surface area contributed by atoms with Crippen LogP contribution in [0.25, 0.3) is 11.4 Å². The van der Waals surface area contributed by atoms with E-state index in [1.807, 2.05) is 6.92 Å². The minimum absolute atomic E-state index is 0.224. The molecule has 5 nitrogen and oxygen atoms in total. The molecule has 2 aromatic rings. The van der Waals surface area contributed by atoms with E-state index in [0.717, 1.165) is 0 Å². The van der Waals surface area contributed by atoms with Gasteiger partial charge in [0.05, 0.1) is 6.61 Å². The number of carbonyl (C=O) groups is 1. The molecular weight excluding hydrogens is 315 g/mol. The first-order chi connectivity index (χ1) is 10.0. The first-order valence-electron chi connectivity index (χ1n) is 6.51. The molecule has 1 aromatic heterocycles. The lowest BCUT2D eigenvalue weighted by atomic mass is 10.1. The molecule has 0 radical (unpaired) electrons. The number of nitrogens with zero attached hydrogens (tertiary/aromatic N) is 2. The zero-order valence-electron chi connectivity index (χ0n) is 11.6. The van der Waals surface area contributed by atoms with Crippen LogP contribution in [0.4, 0.5) is 0 Å². The SMILES string of the molecule is CCOC(=O)C(CC)c1nc(-c2cc(Cl)cc(Cl)c2)no1. The molecule has 0 bridgehead atoms. The van der Waals surface area contributed by atoms with Gasteiger partial charge in [0.1, 0.15) is 5.92 Å². The summed E-state index contributed by atoms with van der Waals surface area (Å²) in [4.78, 5) is 16.1. The maximum absolute atomic E-state index is 11.8. The van der Waals surface area contributed by atoms with Crippen LogP contribution < -0.4 is 0 Å². The normalized spacial score (nSPS) is 12.2. The maximum Gasteiger partial charge on any atom is 0.318 e. The molecule has 112 valence electrons. The van der Waals surface area contributed by atoms with E-state index >= 15 is 0 Å². The number of esters is 1. The lowest BCUT2D eigenvalue weighted by molar-refractivity contribution is -0.145. The Bertz CT molecular complexity index is 623. The smallest absolute Gasteiger partial charge is 0.318 e. The minimum Gasteiger partial charge on any atom is -0.465 e. The zero-order valence-corrected chi connectivity index (χ0v) is 13.1. The Morgan fingerprint density at radius 3 is 2.52 bits per heavy atom. The number of hydrogen-bond acceptors (Lipinski definition) is 5. The van der Waals surface area contributed by atoms with Crippen molar-refractivity contribution in [1.29, 1.82) is 0 Å². The Kier molecular flexibility index (Phi) is 5.20. The number of hydrogen-bond donors (Lipinski definition) is 0. The molecule has 0 fully saturated rings. The molecule has 21 heavy (non-hydrogen) atoms. The average molecular weight is 329 g/mol. The number of ether oxygens (including phenoxy) is 1. The average Bonchev–Trinajstić information content (AvgIpc) is 2.88. The second kappa shape index (κ2) is 6.91. The molecule has 1 atom stereocenters. The fourth-order valence-corrected chi connectivity index (χ4v) is 2.39. The molecule has 7 heteroatoms. The second-order valence-electron chi connectivity index (χ2n) is 4.33. The van der Waals surface area contributed by atoms with Gasteiger partial charge in [-0.05, 0) is 31.5 Å². The van der Waals surface area contributed by atoms with E-state index in [2.05, 4.69) is 10.1 Å². The summed E-state index contributed by atoms with van der Waals surface area (Å²) in [6, 6.07) is 4.96. The first kappa shape index (κ1) is 15.8. The van der Waals surface area contributed by atoms with E-state index in [9.17, 15) is 4.79 Å². The molecule has 1 aromatic carbocycles. The largest absolute Gasteiger partial charge is 0.465 e. The number of carbonyl (C=O) groups excluding carboxylic acids is 1. The van der Waals surface area contributed by atoms with Gasteiger partial charge < -0.3 is 9.26 Å². The summed E-state index contributed by atoms with van der Waals surface area (Å²) in [6.07, 6.45) is 0.511. The molecule has 0 aliphatic carbocycles. The third-order valence-corrected chi connectivity index (χ3v) is 3.28. The van der Waals surface area contributed by atoms with Gasteiger partial charge in [0.25, 0.3) is 0 Å². The fourth-order valence-electron chi connectivity index (χ4n) is 1.86. The third-order valence-electron chi connectivity index (χ3n) is 2.84. The molecule has 0 saturated heterocycles. The van der Waals surface area contributed by atoms with Crippen LogP contribution in [-0.4, -0.2) is 22.7 Å². The Balaban J connectivity index is 2.30.